The largest absolute Gasteiger partial charge is 2.00 e. The van der Waals surface area contributed by atoms with Gasteiger partial charge in [-0.25, -0.2) is 0 Å². The van der Waals surface area contributed by atoms with Gasteiger partial charge in [0.2, 0.25) is 0 Å². The average molecular weight is 2360 g/mol. The van der Waals surface area contributed by atoms with E-state index in [4.69, 9.17) is 14.0 Å². The van der Waals surface area contributed by atoms with Crippen LogP contribution in [0.3, 0.4) is 0 Å². The first-order valence-corrected chi connectivity index (χ1v) is 52.3. The van der Waals surface area contributed by atoms with Crippen LogP contribution < -0.4 is 119 Å². The summed E-state index contributed by atoms with van der Waals surface area (Å²) in [6, 6.07) is 19.4. The average Bonchev–Trinajstić information content (AvgIpc) is 0.736. The Morgan fingerprint density at radius 2 is 0.849 bits per heavy atom. The Kier molecular flexibility index (Phi) is 170. The van der Waals surface area contributed by atoms with Crippen LogP contribution >= 0.6 is 31.9 Å². The molecule has 0 aromatic heterocycles. The van der Waals surface area contributed by atoms with Crippen molar-refractivity contribution in [3.05, 3.63) is 143 Å². The van der Waals surface area contributed by atoms with E-state index in [0.29, 0.717) is 55.4 Å². The fraction of sp³-hybridized carbons (Fsp3) is 0.573. The number of aliphatic hydroxyl groups excluding tert-OH is 2. The van der Waals surface area contributed by atoms with E-state index in [9.17, 15) is 42.3 Å². The van der Waals surface area contributed by atoms with Crippen molar-refractivity contribution in [2.75, 3.05) is 66.0 Å². The van der Waals surface area contributed by atoms with Gasteiger partial charge in [0.05, 0.1) is 79.6 Å². The molecule has 0 aliphatic carbocycles. The summed E-state index contributed by atoms with van der Waals surface area (Å²) in [5.41, 5.74) is 8.71. The molecule has 814 valence electrons. The minimum atomic E-state index is -3.64. The number of hydrogen-bond acceptors (Lipinski definition) is 17. The Bertz CT molecular complexity index is 4440. The van der Waals surface area contributed by atoms with Crippen molar-refractivity contribution in [1.82, 2.24) is 0 Å². The molecule has 0 spiro atoms. The Hall–Kier alpha value is -5.37. The molecule has 0 aliphatic rings. The number of carbonyl (C=O) groups is 6. The number of unbranched alkanes of at least 4 members (excludes halogenated alkanes) is 5. The summed E-state index contributed by atoms with van der Waals surface area (Å²) >= 11 is 6.56. The Labute approximate surface area is 1000 Å². The minimum absolute atomic E-state index is 0. The third-order valence-corrected chi connectivity index (χ3v) is 28.7. The summed E-state index contributed by atoms with van der Waals surface area (Å²) in [4.78, 5) is 64.2. The van der Waals surface area contributed by atoms with Crippen molar-refractivity contribution in [3.8, 4) is 107 Å². The molecule has 1 unspecified atom stereocenters. The summed E-state index contributed by atoms with van der Waals surface area (Å²) in [7, 11) is 0.871. The number of benzene rings is 2. The molecule has 0 heterocycles. The number of aliphatic hydroxyl groups is 2. The van der Waals surface area contributed by atoms with Crippen LogP contribution in [0.1, 0.15) is 351 Å². The number of alkyl halides is 2. The van der Waals surface area contributed by atoms with E-state index in [-0.39, 0.29) is 203 Å². The maximum Gasteiger partial charge on any atom is 2.00 e. The molecule has 29 heteroatoms. The number of ether oxygens (including phenoxy) is 6. The van der Waals surface area contributed by atoms with E-state index in [1.165, 1.54) is 95.1 Å². The molecule has 0 bridgehead atoms. The normalized spacial score (nSPS) is 9.78. The van der Waals surface area contributed by atoms with Gasteiger partial charge in [-0.05, 0) is 230 Å². The maximum absolute atomic E-state index is 12.0. The number of halogens is 6. The van der Waals surface area contributed by atoms with Crippen LogP contribution in [-0.4, -0.2) is 158 Å². The molecule has 2 aromatic rings. The smallest absolute Gasteiger partial charge is 1.00 e. The second-order valence-corrected chi connectivity index (χ2v) is 41.0. The first kappa shape index (κ1) is 185. The third kappa shape index (κ3) is 124. The van der Waals surface area contributed by atoms with E-state index in [1.807, 2.05) is 76.2 Å². The van der Waals surface area contributed by atoms with Crippen LogP contribution in [0.25, 0.3) is 0 Å². The molecule has 1 atom stereocenters. The number of aryl methyl sites for hydroxylation is 1. The number of rotatable bonds is 41. The van der Waals surface area contributed by atoms with E-state index in [1.54, 1.807) is 57.1 Å². The molecule has 146 heavy (non-hydrogen) atoms. The Balaban J connectivity index is -0.0000000609. The SMILES string of the molecule is C.C.C=C(C)C(O)CCC#CC.C=[C-]C.CC#CCBr.CC#CCC(C(=O)OC)C(=O)OC.CC#CCC/C=C(\C)CCC(=O)OCC.CC#CCC/C=C(\C)CCCBr.CC#CCC/C=C(\C)CCCO.CC#CCC/C=C(\C)CCCOS(=O)(=O)c1ccc(C)cc1.CC#CCC/C=C(\C)CCC[Si](c1ccccc1)(C(C)(C)C)C(C)(C)C.CC#CCCC(=O)OC.COC(=O)CC(=O)OC.F.[2HH].[Br-].[Br-].[Cl-].[H-].[HH].[Li+].[Li+].[Mg+2].[Na+]. The molecule has 2 N–H and O–H groups in total. The molecule has 2 rings (SSSR count). The standard InChI is InChI=1S/C25H40Si.C18H24O3S.C13H20O2.C11H17Br.C11H18O.C9H12O4.C9H14O.C7H10O2.C5H8O4.C4H5Br.C3H5.2CH4.2BrH.ClH.FH.2Li.Mg.Na.2H2.H/c1-9-10-11-13-17-22(2)18-16-21-26(24(3,4)5,25(6,7)8)23-19-14-12-15-20-23;1-4-5-6-7-9-16(2)10-8-15-21-22(19,20)18-13-11-17(3)12-14-18;1-4-6-7-8-9-12(3)10-11-13(14)15-5-2;2*1-3-4-5-6-8-11(2)9-7-10-12;1-4-5-6-7(8(10)12-2)9(11)13-3;1-4-5-6-7-9(10)8(2)3;1-3-4-5-6-7(8)9-2;1-8-4(6)3-5(7)9-2;1-2-3-4-5;1-3-2;;;;;;;;;;;;;/h12,14-15,17,19-20H,11,13,16,18,21H2,1-8H3;9,11-14H,6-8,10,15H2,1-3H3;9H,5,7-8,10-11H2,1-3H3;8H,5-7,9-10H2,1-2H3;8,12H,5-7,9-10H2,1-2H3;7H,6H2,1-3H3;9-10H,2,6-7H2,1,3H3;5-6H2,1-2H3;3H2,1-2H3;4H2,1H3;1H2,2H3;2*1H4;4*1H;;;;;2*1H;/q;;;;;;;;;;-1;;;;;;;2*+1;+2;+1;;;-1/p-3/b22-17+;16-9+;12-9+;2*11-8+;;;;;;;;;;;;;;;;;;;/i;;;;;;;;;;;;;;;;;;;;;1+1;;. The molecule has 0 saturated carbocycles. The van der Waals surface area contributed by atoms with Crippen LogP contribution in [0.15, 0.2) is 136 Å². The number of hydrogen-bond donors (Lipinski definition) is 2. The van der Waals surface area contributed by atoms with Crippen LogP contribution in [-0.2, 0) is 71.5 Å². The fourth-order valence-electron chi connectivity index (χ4n) is 11.9. The van der Waals surface area contributed by atoms with Crippen LogP contribution in [0.4, 0.5) is 4.70 Å². The summed E-state index contributed by atoms with van der Waals surface area (Å²) in [5.74, 6) is 47.9. The Morgan fingerprint density at radius 3 is 1.16 bits per heavy atom. The fourth-order valence-corrected chi connectivity index (χ4v) is 20.7. The molecule has 0 saturated heterocycles. The van der Waals surface area contributed by atoms with Gasteiger partial charge in [0, 0.05) is 72.6 Å². The quantitative estimate of drug-likeness (QED) is 0.00601. The second-order valence-electron chi connectivity index (χ2n) is 32.1. The van der Waals surface area contributed by atoms with Crippen molar-refractivity contribution in [3.63, 3.8) is 0 Å². The molecule has 17 nitrogen and oxygen atoms in total. The van der Waals surface area contributed by atoms with E-state index >= 15 is 0 Å². The van der Waals surface area contributed by atoms with Gasteiger partial charge in [0.25, 0.3) is 10.1 Å². The first-order valence-electron chi connectivity index (χ1n) is 46.4. The molecular formula is C117H187Br4ClFLi2MgNaO17SSi. The molecule has 0 fully saturated rings. The van der Waals surface area contributed by atoms with Crippen LogP contribution in [0, 0.1) is 125 Å². The number of esters is 6. The van der Waals surface area contributed by atoms with Gasteiger partial charge in [-0.15, -0.1) is 101 Å². The van der Waals surface area contributed by atoms with Gasteiger partial charge in [-0.2, -0.15) is 15.3 Å². The zero-order valence-corrected chi connectivity index (χ0v) is 107. The molecule has 0 radical (unpaired) electrons. The van der Waals surface area contributed by atoms with Crippen molar-refractivity contribution in [2.24, 2.45) is 5.92 Å². The van der Waals surface area contributed by atoms with Crippen LogP contribution in [0.2, 0.25) is 16.1 Å². The van der Waals surface area contributed by atoms with Gasteiger partial charge in [0.1, 0.15) is 6.42 Å². The molecular weight excluding hydrogens is 2170 g/mol. The van der Waals surface area contributed by atoms with Crippen molar-refractivity contribution in [1.29, 1.82) is 0 Å². The van der Waals surface area contributed by atoms with Crippen molar-refractivity contribution >= 4 is 114 Å². The summed E-state index contributed by atoms with van der Waals surface area (Å²) in [6.07, 6.45) is 35.1. The monoisotopic (exact) mass is 2360 g/mol. The summed E-state index contributed by atoms with van der Waals surface area (Å²) in [6.45, 7) is 57.0. The number of allylic oxidation sites excluding steroid dienone is 11. The summed E-state index contributed by atoms with van der Waals surface area (Å²) in [5, 5.41) is 22.0. The van der Waals surface area contributed by atoms with Crippen molar-refractivity contribution in [2.45, 2.75) is 375 Å². The molecule has 2 aromatic carbocycles. The van der Waals surface area contributed by atoms with E-state index in [2.05, 4.69) is 304 Å². The summed E-state index contributed by atoms with van der Waals surface area (Å²) < 4.78 is 55.5. The van der Waals surface area contributed by atoms with E-state index in [0.717, 1.165) is 118 Å². The first-order chi connectivity index (χ1) is 64.5. The van der Waals surface area contributed by atoms with Gasteiger partial charge in [-0.1, -0.05) is 230 Å². The van der Waals surface area contributed by atoms with Gasteiger partial charge < -0.3 is 92.5 Å². The van der Waals surface area contributed by atoms with Crippen LogP contribution in [0.5, 0.6) is 0 Å². The van der Waals surface area contributed by atoms with Gasteiger partial charge in [-0.3, -0.25) is 44.2 Å². The topological polar surface area (TPSA) is 242 Å². The van der Waals surface area contributed by atoms with Gasteiger partial charge in [0.15, 0.2) is 5.92 Å². The second kappa shape index (κ2) is 134. The molecule has 0 amide bonds. The predicted octanol–water partition coefficient (Wildman–Crippen LogP) is 10.0. The zero-order valence-electron chi connectivity index (χ0n) is 95.2. The minimum Gasteiger partial charge on any atom is -1.00 e. The van der Waals surface area contributed by atoms with Crippen molar-refractivity contribution < 1.29 is 203 Å². The molecule has 0 aliphatic heterocycles. The zero-order chi connectivity index (χ0) is 106. The Morgan fingerprint density at radius 1 is 0.514 bits per heavy atom. The maximum atomic E-state index is 12.0. The third-order valence-electron chi connectivity index (χ3n) is 19.0. The predicted molar refractivity (Wildman–Crippen MR) is 608 cm³/mol. The van der Waals surface area contributed by atoms with Gasteiger partial charge >= 0.3 is 126 Å². The number of carbonyl (C=O) groups excluding carboxylic acids is 6. The number of methoxy groups -OCH3 is 5. The van der Waals surface area contributed by atoms with E-state index < -0.39 is 48.0 Å².